The van der Waals surface area contributed by atoms with Crippen molar-refractivity contribution in [3.8, 4) is 22.8 Å². The van der Waals surface area contributed by atoms with Crippen LogP contribution in [0.25, 0.3) is 16.8 Å². The Bertz CT molecular complexity index is 1230. The number of benzene rings is 2. The number of aromatic carboxylic acids is 1. The molecule has 2 N–H and O–H groups in total. The number of rotatable bonds is 5. The van der Waals surface area contributed by atoms with Gasteiger partial charge in [0, 0.05) is 11.8 Å². The molecule has 0 saturated heterocycles. The van der Waals surface area contributed by atoms with Crippen LogP contribution in [0.15, 0.2) is 54.9 Å². The van der Waals surface area contributed by atoms with Gasteiger partial charge >= 0.3 is 5.97 Å². The second-order valence-corrected chi connectivity index (χ2v) is 6.76. The van der Waals surface area contributed by atoms with E-state index in [0.29, 0.717) is 11.2 Å². The van der Waals surface area contributed by atoms with Gasteiger partial charge in [0.15, 0.2) is 5.65 Å². The molecule has 4 aromatic rings. The molecule has 0 atom stereocenters. The van der Waals surface area contributed by atoms with Crippen molar-refractivity contribution in [3.05, 3.63) is 77.1 Å². The second kappa shape index (κ2) is 7.27. The molecule has 0 amide bonds. The molecule has 146 valence electrons. The molecule has 0 radical (unpaired) electrons. The largest absolute Gasteiger partial charge is 0.497 e. The van der Waals surface area contributed by atoms with Gasteiger partial charge in [-0.05, 0) is 47.7 Å². The van der Waals surface area contributed by atoms with E-state index in [1.54, 1.807) is 13.3 Å². The standard InChI is InChI=1S/C22H19N3O4/c1-13-8-16(7-6-15(13)9-14-4-3-5-17(10-14)29-2)18-12-24-25-20(18)23-11-19(21(25)26)22(27)28/h3-8,10-12,26H,9H2,1-2H3,(H,27,28). The molecule has 7 nitrogen and oxygen atoms in total. The monoisotopic (exact) mass is 389 g/mol. The van der Waals surface area contributed by atoms with Crippen LogP contribution in [0.4, 0.5) is 0 Å². The molecular weight excluding hydrogens is 370 g/mol. The third kappa shape index (κ3) is 3.38. The van der Waals surface area contributed by atoms with Crippen molar-refractivity contribution >= 4 is 11.6 Å². The minimum atomic E-state index is -1.26. The lowest BCUT2D eigenvalue weighted by atomic mass is 9.97. The Labute approximate surface area is 166 Å². The normalized spacial score (nSPS) is 11.0. The fourth-order valence-corrected chi connectivity index (χ4v) is 3.34. The molecule has 0 unspecified atom stereocenters. The minimum Gasteiger partial charge on any atom is -0.497 e. The summed E-state index contributed by atoms with van der Waals surface area (Å²) >= 11 is 0. The van der Waals surface area contributed by atoms with E-state index in [-0.39, 0.29) is 5.56 Å². The van der Waals surface area contributed by atoms with Gasteiger partial charge in [0.2, 0.25) is 5.88 Å². The van der Waals surface area contributed by atoms with Crippen molar-refractivity contribution < 1.29 is 19.7 Å². The second-order valence-electron chi connectivity index (χ2n) is 6.76. The van der Waals surface area contributed by atoms with Crippen LogP contribution < -0.4 is 4.74 Å². The summed E-state index contributed by atoms with van der Waals surface area (Å²) in [7, 11) is 1.65. The first-order valence-corrected chi connectivity index (χ1v) is 8.99. The van der Waals surface area contributed by atoms with Crippen molar-refractivity contribution in [2.75, 3.05) is 7.11 Å². The fourth-order valence-electron chi connectivity index (χ4n) is 3.34. The highest BCUT2D eigenvalue weighted by Crippen LogP contribution is 2.29. The van der Waals surface area contributed by atoms with Crippen molar-refractivity contribution in [3.63, 3.8) is 0 Å². The van der Waals surface area contributed by atoms with E-state index < -0.39 is 11.8 Å². The van der Waals surface area contributed by atoms with E-state index >= 15 is 0 Å². The molecule has 2 heterocycles. The number of ether oxygens (including phenoxy) is 1. The predicted molar refractivity (Wildman–Crippen MR) is 108 cm³/mol. The number of fused-ring (bicyclic) bond motifs is 1. The van der Waals surface area contributed by atoms with Crippen molar-refractivity contribution in [1.82, 2.24) is 14.6 Å². The van der Waals surface area contributed by atoms with Gasteiger partial charge in [-0.25, -0.2) is 9.78 Å². The number of carbonyl (C=O) groups is 1. The van der Waals surface area contributed by atoms with Crippen molar-refractivity contribution in [2.45, 2.75) is 13.3 Å². The first-order chi connectivity index (χ1) is 14.0. The summed E-state index contributed by atoms with van der Waals surface area (Å²) < 4.78 is 6.43. The maximum atomic E-state index is 11.2. The predicted octanol–water partition coefficient (Wildman–Crippen LogP) is 3.71. The zero-order valence-corrected chi connectivity index (χ0v) is 16.0. The van der Waals surface area contributed by atoms with Crippen molar-refractivity contribution in [2.24, 2.45) is 0 Å². The van der Waals surface area contributed by atoms with Crippen LogP contribution >= 0.6 is 0 Å². The number of aromatic hydroxyl groups is 1. The maximum Gasteiger partial charge on any atom is 0.342 e. The third-order valence-corrected chi connectivity index (χ3v) is 4.91. The van der Waals surface area contributed by atoms with E-state index in [0.717, 1.165) is 39.6 Å². The van der Waals surface area contributed by atoms with E-state index in [4.69, 9.17) is 9.84 Å². The molecule has 0 aliphatic heterocycles. The molecule has 7 heteroatoms. The lowest BCUT2D eigenvalue weighted by molar-refractivity contribution is 0.0692. The SMILES string of the molecule is COc1cccc(Cc2ccc(-c3cnn4c(O)c(C(=O)O)cnc34)cc2C)c1. The molecule has 29 heavy (non-hydrogen) atoms. The van der Waals surface area contributed by atoms with Crippen LogP contribution in [0, 0.1) is 6.92 Å². The van der Waals surface area contributed by atoms with Crippen molar-refractivity contribution in [1.29, 1.82) is 0 Å². The van der Waals surface area contributed by atoms with Crippen LogP contribution in [0.3, 0.4) is 0 Å². The Hall–Kier alpha value is -3.87. The van der Waals surface area contributed by atoms with Gasteiger partial charge in [0.25, 0.3) is 0 Å². The van der Waals surface area contributed by atoms with Gasteiger partial charge < -0.3 is 14.9 Å². The Kier molecular flexibility index (Phi) is 4.64. The molecular formula is C22H19N3O4. The summed E-state index contributed by atoms with van der Waals surface area (Å²) in [5.41, 5.74) is 5.15. The average molecular weight is 389 g/mol. The van der Waals surface area contributed by atoms with Crippen LogP contribution in [0.1, 0.15) is 27.0 Å². The Balaban J connectivity index is 1.69. The Morgan fingerprint density at radius 1 is 1.17 bits per heavy atom. The number of hydrogen-bond acceptors (Lipinski definition) is 5. The van der Waals surface area contributed by atoms with Crippen LogP contribution in [0.2, 0.25) is 0 Å². The highest BCUT2D eigenvalue weighted by Gasteiger charge is 2.18. The highest BCUT2D eigenvalue weighted by atomic mass is 16.5. The van der Waals surface area contributed by atoms with Gasteiger partial charge in [-0.2, -0.15) is 9.61 Å². The molecule has 0 aliphatic carbocycles. The Morgan fingerprint density at radius 2 is 2.00 bits per heavy atom. The van der Waals surface area contributed by atoms with Crippen LogP contribution in [-0.2, 0) is 6.42 Å². The molecule has 2 aromatic carbocycles. The van der Waals surface area contributed by atoms with Gasteiger partial charge in [0.05, 0.1) is 13.3 Å². The third-order valence-electron chi connectivity index (χ3n) is 4.91. The van der Waals surface area contributed by atoms with E-state index in [9.17, 15) is 9.90 Å². The number of methoxy groups -OCH3 is 1. The fraction of sp³-hybridized carbons (Fsp3) is 0.136. The number of carboxylic acids is 1. The van der Waals surface area contributed by atoms with Crippen LogP contribution in [0.5, 0.6) is 11.6 Å². The summed E-state index contributed by atoms with van der Waals surface area (Å²) in [5.74, 6) is -0.874. The number of nitrogens with zero attached hydrogens (tertiary/aromatic N) is 3. The summed E-state index contributed by atoms with van der Waals surface area (Å²) in [5, 5.41) is 23.4. The zero-order chi connectivity index (χ0) is 20.5. The molecule has 0 aliphatic rings. The van der Waals surface area contributed by atoms with Gasteiger partial charge in [-0.15, -0.1) is 0 Å². The lowest BCUT2D eigenvalue weighted by Crippen LogP contribution is -2.03. The highest BCUT2D eigenvalue weighted by molar-refractivity contribution is 5.90. The molecule has 0 spiro atoms. The molecule has 4 rings (SSSR count). The number of carboxylic acid groups (broad SMARTS) is 1. The summed E-state index contributed by atoms with van der Waals surface area (Å²) in [6.07, 6.45) is 3.49. The quantitative estimate of drug-likeness (QED) is 0.540. The number of aryl methyl sites for hydroxylation is 1. The molecule has 0 fully saturated rings. The zero-order valence-electron chi connectivity index (χ0n) is 16.0. The summed E-state index contributed by atoms with van der Waals surface area (Å²) in [4.78, 5) is 15.3. The van der Waals surface area contributed by atoms with E-state index in [1.165, 1.54) is 5.56 Å². The first kappa shape index (κ1) is 18.5. The summed E-state index contributed by atoms with van der Waals surface area (Å²) in [6.45, 7) is 2.04. The smallest absolute Gasteiger partial charge is 0.342 e. The topological polar surface area (TPSA) is 97.0 Å². The average Bonchev–Trinajstić information content (AvgIpc) is 3.15. The number of hydrogen-bond donors (Lipinski definition) is 2. The molecule has 2 aromatic heterocycles. The molecule has 0 saturated carbocycles. The maximum absolute atomic E-state index is 11.2. The molecule has 0 bridgehead atoms. The van der Waals surface area contributed by atoms with Gasteiger partial charge in [-0.1, -0.05) is 30.3 Å². The first-order valence-electron chi connectivity index (χ1n) is 8.99. The number of aromatic nitrogens is 3. The Morgan fingerprint density at radius 3 is 2.72 bits per heavy atom. The van der Waals surface area contributed by atoms with Gasteiger partial charge in [0.1, 0.15) is 11.3 Å². The van der Waals surface area contributed by atoms with Crippen LogP contribution in [-0.4, -0.2) is 37.9 Å². The minimum absolute atomic E-state index is 0.294. The van der Waals surface area contributed by atoms with E-state index in [1.807, 2.05) is 37.3 Å². The van der Waals surface area contributed by atoms with E-state index in [2.05, 4.69) is 22.2 Å². The van der Waals surface area contributed by atoms with Gasteiger partial charge in [-0.3, -0.25) is 0 Å². The lowest BCUT2D eigenvalue weighted by Gasteiger charge is -2.10. The summed E-state index contributed by atoms with van der Waals surface area (Å²) in [6, 6.07) is 14.0.